The van der Waals surface area contributed by atoms with Gasteiger partial charge in [0.1, 0.15) is 5.75 Å². The van der Waals surface area contributed by atoms with Crippen molar-refractivity contribution in [3.05, 3.63) is 24.3 Å². The van der Waals surface area contributed by atoms with Crippen LogP contribution in [0.3, 0.4) is 0 Å². The molecule has 1 aromatic rings. The van der Waals surface area contributed by atoms with Crippen LogP contribution < -0.4 is 15.0 Å². The van der Waals surface area contributed by atoms with Crippen LogP contribution in [0.2, 0.25) is 0 Å². The summed E-state index contributed by atoms with van der Waals surface area (Å²) in [6.45, 7) is 6.33. The molecule has 2 rings (SSSR count). The molecule has 1 heterocycles. The van der Waals surface area contributed by atoms with Crippen LogP contribution in [0.1, 0.15) is 20.3 Å². The zero-order valence-electron chi connectivity index (χ0n) is 12.0. The van der Waals surface area contributed by atoms with Gasteiger partial charge in [0.2, 0.25) is 0 Å². The number of anilines is 1. The Balaban J connectivity index is 2.46. The Hall–Kier alpha value is -1.26. The highest BCUT2D eigenvalue weighted by Crippen LogP contribution is 2.36. The van der Waals surface area contributed by atoms with Crippen LogP contribution in [-0.2, 0) is 0 Å². The molecule has 1 aliphatic rings. The van der Waals surface area contributed by atoms with Crippen molar-refractivity contribution in [2.45, 2.75) is 31.8 Å². The minimum atomic E-state index is -0.0223. The van der Waals surface area contributed by atoms with Gasteiger partial charge in [-0.2, -0.15) is 0 Å². The number of nitrogens with one attached hydrogen (secondary N) is 1. The Morgan fingerprint density at radius 1 is 1.42 bits per heavy atom. The molecule has 0 amide bonds. The highest BCUT2D eigenvalue weighted by atomic mass is 16.5. The van der Waals surface area contributed by atoms with Crippen LogP contribution >= 0.6 is 0 Å². The normalized spacial score (nSPS) is 22.9. The van der Waals surface area contributed by atoms with Gasteiger partial charge in [-0.25, -0.2) is 0 Å². The molecule has 1 aliphatic heterocycles. The molecular weight excluding hydrogens is 240 g/mol. The largest absolute Gasteiger partial charge is 0.495 e. The van der Waals surface area contributed by atoms with Crippen molar-refractivity contribution in [3.63, 3.8) is 0 Å². The van der Waals surface area contributed by atoms with E-state index in [0.29, 0.717) is 0 Å². The van der Waals surface area contributed by atoms with Crippen molar-refractivity contribution in [1.82, 2.24) is 5.32 Å². The summed E-state index contributed by atoms with van der Waals surface area (Å²) < 4.78 is 5.48. The monoisotopic (exact) mass is 264 g/mol. The first-order valence-corrected chi connectivity index (χ1v) is 6.84. The molecule has 2 N–H and O–H groups in total. The number of hydrogen-bond donors (Lipinski definition) is 2. The lowest BCUT2D eigenvalue weighted by atomic mass is 9.95. The summed E-state index contributed by atoms with van der Waals surface area (Å²) in [6.07, 6.45) is 1.03. The fourth-order valence-electron chi connectivity index (χ4n) is 2.87. The summed E-state index contributed by atoms with van der Waals surface area (Å²) in [4.78, 5) is 2.30. The molecule has 1 fully saturated rings. The van der Waals surface area contributed by atoms with E-state index in [9.17, 15) is 5.11 Å². The van der Waals surface area contributed by atoms with Gasteiger partial charge in [-0.15, -0.1) is 0 Å². The van der Waals surface area contributed by atoms with E-state index in [2.05, 4.69) is 30.1 Å². The lowest BCUT2D eigenvalue weighted by Crippen LogP contribution is -2.52. The minimum absolute atomic E-state index is 0.0223. The standard InChI is InChI=1S/C15H24N2O2/c1-15(2)8-9-16-10-12(11-18)17(15)13-6-4-5-7-14(13)19-3/h4-7,12,16,18H,8-11H2,1-3H3. The molecular formula is C15H24N2O2. The van der Waals surface area contributed by atoms with Crippen LogP contribution in [-0.4, -0.2) is 43.5 Å². The van der Waals surface area contributed by atoms with Gasteiger partial charge < -0.3 is 20.1 Å². The van der Waals surface area contributed by atoms with E-state index in [4.69, 9.17) is 4.74 Å². The topological polar surface area (TPSA) is 44.7 Å². The molecule has 0 aromatic heterocycles. The lowest BCUT2D eigenvalue weighted by Gasteiger charge is -2.43. The smallest absolute Gasteiger partial charge is 0.142 e. The number of aliphatic hydroxyl groups excluding tert-OH is 1. The molecule has 1 atom stereocenters. The molecule has 1 unspecified atom stereocenters. The number of aliphatic hydroxyl groups is 1. The van der Waals surface area contributed by atoms with Crippen molar-refractivity contribution < 1.29 is 9.84 Å². The first-order valence-electron chi connectivity index (χ1n) is 6.84. The fourth-order valence-corrected chi connectivity index (χ4v) is 2.87. The third-order valence-corrected chi connectivity index (χ3v) is 3.87. The van der Waals surface area contributed by atoms with Crippen LogP contribution in [0.15, 0.2) is 24.3 Å². The van der Waals surface area contributed by atoms with Gasteiger partial charge in [-0.1, -0.05) is 12.1 Å². The van der Waals surface area contributed by atoms with E-state index in [-0.39, 0.29) is 18.2 Å². The Morgan fingerprint density at radius 3 is 2.84 bits per heavy atom. The van der Waals surface area contributed by atoms with Crippen LogP contribution in [0.5, 0.6) is 5.75 Å². The van der Waals surface area contributed by atoms with E-state index >= 15 is 0 Å². The van der Waals surface area contributed by atoms with Crippen molar-refractivity contribution in [2.24, 2.45) is 0 Å². The number of nitrogens with zero attached hydrogens (tertiary/aromatic N) is 1. The van der Waals surface area contributed by atoms with Crippen LogP contribution in [0.4, 0.5) is 5.69 Å². The van der Waals surface area contributed by atoms with Gasteiger partial charge in [0.05, 0.1) is 25.4 Å². The highest BCUT2D eigenvalue weighted by molar-refractivity contribution is 5.61. The summed E-state index contributed by atoms with van der Waals surface area (Å²) >= 11 is 0. The molecule has 19 heavy (non-hydrogen) atoms. The second kappa shape index (κ2) is 5.80. The molecule has 4 heteroatoms. The molecule has 0 spiro atoms. The summed E-state index contributed by atoms with van der Waals surface area (Å²) in [5, 5.41) is 13.1. The van der Waals surface area contributed by atoms with Gasteiger partial charge in [-0.3, -0.25) is 0 Å². The molecule has 1 aromatic carbocycles. The van der Waals surface area contributed by atoms with Gasteiger partial charge >= 0.3 is 0 Å². The van der Waals surface area contributed by atoms with Crippen LogP contribution in [0.25, 0.3) is 0 Å². The number of hydrogen-bond acceptors (Lipinski definition) is 4. The molecule has 106 valence electrons. The van der Waals surface area contributed by atoms with E-state index in [1.807, 2.05) is 18.2 Å². The number of rotatable bonds is 3. The average molecular weight is 264 g/mol. The zero-order chi connectivity index (χ0) is 13.9. The van der Waals surface area contributed by atoms with E-state index in [0.717, 1.165) is 30.9 Å². The molecule has 0 bridgehead atoms. The lowest BCUT2D eigenvalue weighted by molar-refractivity contribution is 0.244. The molecule has 0 radical (unpaired) electrons. The summed E-state index contributed by atoms with van der Waals surface area (Å²) in [7, 11) is 1.69. The molecule has 4 nitrogen and oxygen atoms in total. The van der Waals surface area contributed by atoms with Crippen LogP contribution in [0, 0.1) is 0 Å². The summed E-state index contributed by atoms with van der Waals surface area (Å²) in [6, 6.07) is 8.08. The Bertz CT molecular complexity index is 420. The fraction of sp³-hybridized carbons (Fsp3) is 0.600. The number of methoxy groups -OCH3 is 1. The number of ether oxygens (including phenoxy) is 1. The summed E-state index contributed by atoms with van der Waals surface area (Å²) in [5.41, 5.74) is 1.03. The van der Waals surface area contributed by atoms with Crippen molar-refractivity contribution in [3.8, 4) is 5.75 Å². The quantitative estimate of drug-likeness (QED) is 0.871. The van der Waals surface area contributed by atoms with E-state index < -0.39 is 0 Å². The van der Waals surface area contributed by atoms with E-state index in [1.54, 1.807) is 7.11 Å². The predicted octanol–water partition coefficient (Wildman–Crippen LogP) is 1.63. The summed E-state index contributed by atoms with van der Waals surface area (Å²) in [5.74, 6) is 0.857. The zero-order valence-corrected chi connectivity index (χ0v) is 12.0. The molecule has 1 saturated heterocycles. The maximum Gasteiger partial charge on any atom is 0.142 e. The average Bonchev–Trinajstić information content (AvgIpc) is 2.56. The van der Waals surface area contributed by atoms with Gasteiger partial charge in [0, 0.05) is 12.1 Å². The Kier molecular flexibility index (Phi) is 4.32. The second-order valence-corrected chi connectivity index (χ2v) is 5.64. The Morgan fingerprint density at radius 2 is 2.16 bits per heavy atom. The Labute approximate surface area is 115 Å². The van der Waals surface area contributed by atoms with E-state index in [1.165, 1.54) is 0 Å². The SMILES string of the molecule is COc1ccccc1N1C(CO)CNCCC1(C)C. The first-order chi connectivity index (χ1) is 9.10. The maximum atomic E-state index is 9.72. The van der Waals surface area contributed by atoms with Gasteiger partial charge in [0.25, 0.3) is 0 Å². The third-order valence-electron chi connectivity index (χ3n) is 3.87. The minimum Gasteiger partial charge on any atom is -0.495 e. The molecule has 0 aliphatic carbocycles. The van der Waals surface area contributed by atoms with Crippen molar-refractivity contribution in [1.29, 1.82) is 0 Å². The second-order valence-electron chi connectivity index (χ2n) is 5.64. The van der Waals surface area contributed by atoms with Gasteiger partial charge in [0.15, 0.2) is 0 Å². The maximum absolute atomic E-state index is 9.72. The van der Waals surface area contributed by atoms with Gasteiger partial charge in [-0.05, 0) is 38.9 Å². The number of benzene rings is 1. The highest BCUT2D eigenvalue weighted by Gasteiger charge is 2.35. The van der Waals surface area contributed by atoms with Crippen molar-refractivity contribution in [2.75, 3.05) is 31.7 Å². The predicted molar refractivity (Wildman–Crippen MR) is 77.9 cm³/mol. The third kappa shape index (κ3) is 2.85. The first kappa shape index (κ1) is 14.2. The molecule has 0 saturated carbocycles. The number of para-hydroxylation sites is 2. The van der Waals surface area contributed by atoms with Crippen molar-refractivity contribution >= 4 is 5.69 Å².